The predicted molar refractivity (Wildman–Crippen MR) is 348 cm³/mol. The number of unbranched alkanes of at least 4 members (excludes halogenated alkanes) is 20. The number of rotatable bonds is 57. The normalized spacial score (nSPS) is 13.2. The smallest absolute Gasteiger partial charge is 0.306 e. The highest BCUT2D eigenvalue weighted by Crippen LogP contribution is 2.14. The average Bonchev–Trinajstić information content (AvgIpc) is 3.46. The van der Waals surface area contributed by atoms with Crippen molar-refractivity contribution in [2.75, 3.05) is 13.2 Å². The number of ether oxygens (including phenoxy) is 3. The zero-order valence-electron chi connectivity index (χ0n) is 51.5. The van der Waals surface area contributed by atoms with Crippen LogP contribution in [0.25, 0.3) is 0 Å². The summed E-state index contributed by atoms with van der Waals surface area (Å²) in [5, 5.41) is 0. The molecule has 0 saturated carbocycles. The summed E-state index contributed by atoms with van der Waals surface area (Å²) in [6, 6.07) is 0. The largest absolute Gasteiger partial charge is 0.462 e. The molecule has 0 amide bonds. The Balaban J connectivity index is 4.50. The fourth-order valence-corrected chi connectivity index (χ4v) is 8.44. The van der Waals surface area contributed by atoms with Crippen LogP contribution in [0.15, 0.2) is 158 Å². The van der Waals surface area contributed by atoms with E-state index in [1.807, 2.05) is 0 Å². The summed E-state index contributed by atoms with van der Waals surface area (Å²) < 4.78 is 16.9. The minimum atomic E-state index is -0.817. The van der Waals surface area contributed by atoms with Crippen LogP contribution in [0.4, 0.5) is 0 Å². The Morgan fingerprint density at radius 3 is 0.787 bits per heavy atom. The first-order chi connectivity index (χ1) is 39.5. The van der Waals surface area contributed by atoms with E-state index in [2.05, 4.69) is 179 Å². The first-order valence-corrected chi connectivity index (χ1v) is 32.5. The minimum absolute atomic E-state index is 0.108. The molecule has 0 saturated heterocycles. The van der Waals surface area contributed by atoms with E-state index >= 15 is 0 Å². The summed E-state index contributed by atoms with van der Waals surface area (Å²) in [6.07, 6.45) is 96.7. The van der Waals surface area contributed by atoms with Gasteiger partial charge >= 0.3 is 17.9 Å². The molecule has 0 aromatic rings. The number of hydrogen-bond donors (Lipinski definition) is 0. The van der Waals surface area contributed by atoms with Crippen molar-refractivity contribution in [1.82, 2.24) is 0 Å². The molecule has 450 valence electrons. The highest BCUT2D eigenvalue weighted by Gasteiger charge is 2.19. The Bertz CT molecular complexity index is 1790. The van der Waals surface area contributed by atoms with Crippen molar-refractivity contribution in [3.8, 4) is 0 Å². The Labute approximate surface area is 492 Å². The highest BCUT2D eigenvalue weighted by atomic mass is 16.6. The Morgan fingerprint density at radius 2 is 0.487 bits per heavy atom. The lowest BCUT2D eigenvalue weighted by molar-refractivity contribution is -0.167. The second kappa shape index (κ2) is 66.5. The molecule has 0 aromatic heterocycles. The van der Waals surface area contributed by atoms with Crippen molar-refractivity contribution in [3.05, 3.63) is 158 Å². The van der Waals surface area contributed by atoms with Crippen molar-refractivity contribution in [3.63, 3.8) is 0 Å². The molecule has 0 rings (SSSR count). The molecule has 0 bridgehead atoms. The lowest BCUT2D eigenvalue weighted by Crippen LogP contribution is -2.30. The topological polar surface area (TPSA) is 78.9 Å². The van der Waals surface area contributed by atoms with Crippen LogP contribution in [0, 0.1) is 0 Å². The van der Waals surface area contributed by atoms with E-state index in [9.17, 15) is 14.4 Å². The standard InChI is InChI=1S/C74H118O6/c1-4-7-10-13-16-19-22-25-28-31-33-34-35-36-37-38-39-40-42-43-46-49-52-55-58-61-64-67-73(76)79-70-71(69-78-72(75)66-63-60-57-54-51-48-45-30-27-24-21-18-15-12-9-6-3)80-74(77)68-65-62-59-56-53-50-47-44-41-32-29-26-23-20-17-14-11-8-5-2/h7-8,10-11,16-17,19-20,25-26,28-30,33-34,36-37,39-41,43-46,50,53,71H,4-6,9,12-15,18,21-24,27,31-32,35,38,42,47-49,51-52,54-70H2,1-3H3/b10-7-,11-8-,19-16-,20-17-,28-25-,29-26-,34-33-,37-36-,40-39-,44-41-,45-30-,46-43-,53-50-. The van der Waals surface area contributed by atoms with Gasteiger partial charge in [0.15, 0.2) is 6.10 Å². The molecule has 0 radical (unpaired) electrons. The van der Waals surface area contributed by atoms with E-state index in [0.717, 1.165) is 167 Å². The van der Waals surface area contributed by atoms with Gasteiger partial charge in [-0.1, -0.05) is 262 Å². The Hall–Kier alpha value is -4.97. The summed E-state index contributed by atoms with van der Waals surface area (Å²) in [6.45, 7) is 6.36. The molecule has 0 aromatic carbocycles. The SMILES string of the molecule is CC/C=C\C/C=C\C/C=C\C/C=C\C/C=C\C/C=C\C/C=C\CCCCCCCC(=O)OCC(COC(=O)CCCCCCC/C=C\CCCCCCCCC)OC(=O)CCCCC/C=C\C/C=C\C/C=C\C/C=C\C/C=C\CC. The van der Waals surface area contributed by atoms with Gasteiger partial charge in [-0.2, -0.15) is 0 Å². The lowest BCUT2D eigenvalue weighted by atomic mass is 10.1. The monoisotopic (exact) mass is 1100 g/mol. The molecule has 0 heterocycles. The van der Waals surface area contributed by atoms with Crippen LogP contribution in [0.1, 0.15) is 271 Å². The fourth-order valence-electron chi connectivity index (χ4n) is 8.44. The van der Waals surface area contributed by atoms with Gasteiger partial charge in [-0.3, -0.25) is 14.4 Å². The number of esters is 3. The molecule has 6 nitrogen and oxygen atoms in total. The maximum atomic E-state index is 12.9. The molecule has 6 heteroatoms. The van der Waals surface area contributed by atoms with Crippen molar-refractivity contribution in [2.24, 2.45) is 0 Å². The Morgan fingerprint density at radius 1 is 0.263 bits per heavy atom. The maximum absolute atomic E-state index is 12.9. The number of carbonyl (C=O) groups is 3. The first kappa shape index (κ1) is 75.0. The van der Waals surface area contributed by atoms with Crippen LogP contribution in [-0.4, -0.2) is 37.2 Å². The molecule has 1 unspecified atom stereocenters. The van der Waals surface area contributed by atoms with Gasteiger partial charge in [-0.05, 0) is 148 Å². The first-order valence-electron chi connectivity index (χ1n) is 32.5. The third kappa shape index (κ3) is 63.9. The van der Waals surface area contributed by atoms with Gasteiger partial charge in [-0.15, -0.1) is 0 Å². The van der Waals surface area contributed by atoms with Crippen LogP contribution in [0.2, 0.25) is 0 Å². The molecule has 0 aliphatic rings. The summed E-state index contributed by atoms with van der Waals surface area (Å²) >= 11 is 0. The van der Waals surface area contributed by atoms with E-state index < -0.39 is 6.10 Å². The van der Waals surface area contributed by atoms with Gasteiger partial charge < -0.3 is 14.2 Å². The van der Waals surface area contributed by atoms with Crippen LogP contribution in [0.3, 0.4) is 0 Å². The van der Waals surface area contributed by atoms with Crippen LogP contribution >= 0.6 is 0 Å². The van der Waals surface area contributed by atoms with E-state index in [1.54, 1.807) is 0 Å². The van der Waals surface area contributed by atoms with Gasteiger partial charge in [0.2, 0.25) is 0 Å². The van der Waals surface area contributed by atoms with Crippen LogP contribution < -0.4 is 0 Å². The molecule has 0 aliphatic carbocycles. The Kier molecular flexibility index (Phi) is 62.4. The fraction of sp³-hybridized carbons (Fsp3) is 0.608. The van der Waals surface area contributed by atoms with Gasteiger partial charge in [0, 0.05) is 19.3 Å². The minimum Gasteiger partial charge on any atom is -0.462 e. The third-order valence-electron chi connectivity index (χ3n) is 13.2. The van der Waals surface area contributed by atoms with Crippen molar-refractivity contribution in [1.29, 1.82) is 0 Å². The van der Waals surface area contributed by atoms with E-state index in [4.69, 9.17) is 14.2 Å². The number of hydrogen-bond acceptors (Lipinski definition) is 6. The maximum Gasteiger partial charge on any atom is 0.306 e. The molecule has 0 spiro atoms. The van der Waals surface area contributed by atoms with E-state index in [1.165, 1.54) is 57.8 Å². The summed E-state index contributed by atoms with van der Waals surface area (Å²) in [5.41, 5.74) is 0. The molecule has 80 heavy (non-hydrogen) atoms. The molecule has 1 atom stereocenters. The zero-order chi connectivity index (χ0) is 57.8. The van der Waals surface area contributed by atoms with Gasteiger partial charge in [0.05, 0.1) is 0 Å². The summed E-state index contributed by atoms with van der Waals surface area (Å²) in [7, 11) is 0. The second-order valence-electron chi connectivity index (χ2n) is 20.9. The van der Waals surface area contributed by atoms with Crippen LogP contribution in [0.5, 0.6) is 0 Å². The van der Waals surface area contributed by atoms with Crippen LogP contribution in [-0.2, 0) is 28.6 Å². The lowest BCUT2D eigenvalue weighted by Gasteiger charge is -2.18. The highest BCUT2D eigenvalue weighted by molar-refractivity contribution is 5.71. The van der Waals surface area contributed by atoms with Crippen molar-refractivity contribution < 1.29 is 28.6 Å². The summed E-state index contributed by atoms with van der Waals surface area (Å²) in [4.78, 5) is 38.4. The average molecular weight is 1100 g/mol. The molecule has 0 N–H and O–H groups in total. The van der Waals surface area contributed by atoms with Gasteiger partial charge in [-0.25, -0.2) is 0 Å². The number of carbonyl (C=O) groups excluding carboxylic acids is 3. The molecular weight excluding hydrogens is 985 g/mol. The second-order valence-corrected chi connectivity index (χ2v) is 20.9. The zero-order valence-corrected chi connectivity index (χ0v) is 51.5. The quantitative estimate of drug-likeness (QED) is 0.0261. The van der Waals surface area contributed by atoms with E-state index in [0.29, 0.717) is 19.3 Å². The molecular formula is C74H118O6. The van der Waals surface area contributed by atoms with E-state index in [-0.39, 0.29) is 37.5 Å². The molecule has 0 aliphatic heterocycles. The van der Waals surface area contributed by atoms with Gasteiger partial charge in [0.25, 0.3) is 0 Å². The third-order valence-corrected chi connectivity index (χ3v) is 13.2. The summed E-state index contributed by atoms with van der Waals surface area (Å²) in [5.74, 6) is -0.970. The number of allylic oxidation sites excluding steroid dienone is 26. The van der Waals surface area contributed by atoms with Crippen molar-refractivity contribution in [2.45, 2.75) is 277 Å². The molecule has 0 fully saturated rings. The predicted octanol–water partition coefficient (Wildman–Crippen LogP) is 22.5. The van der Waals surface area contributed by atoms with Crippen molar-refractivity contribution >= 4 is 17.9 Å². The van der Waals surface area contributed by atoms with Gasteiger partial charge in [0.1, 0.15) is 13.2 Å².